The summed E-state index contributed by atoms with van der Waals surface area (Å²) in [6, 6.07) is -1.04. The average molecular weight is 365 g/mol. The fraction of sp³-hybridized carbons (Fsp3) is 0.750. The monoisotopic (exact) mass is 365 g/mol. The van der Waals surface area contributed by atoms with Crippen molar-refractivity contribution in [3.05, 3.63) is 22.1 Å². The van der Waals surface area contributed by atoms with E-state index in [0.717, 1.165) is 13.4 Å². The van der Waals surface area contributed by atoms with Gasteiger partial charge >= 0.3 is 5.97 Å². The number of aliphatic hydroxyl groups is 2. The maximum Gasteiger partial charge on any atom is 0.333 e. The Hall–Kier alpha value is -1.69. The van der Waals surface area contributed by atoms with Gasteiger partial charge in [0.05, 0.1) is 32.6 Å². The first-order valence-corrected chi connectivity index (χ1v) is 8.65. The van der Waals surface area contributed by atoms with Crippen molar-refractivity contribution < 1.29 is 37.1 Å². The number of hydrogen-bond acceptors (Lipinski definition) is 9. The number of aliphatic hydroxyl groups excluding tert-OH is 2. The lowest BCUT2D eigenvalue weighted by Gasteiger charge is -2.33. The molecule has 0 amide bonds. The molecule has 2 N–H and O–H groups in total. The molecule has 0 radical (unpaired) electrons. The molecule has 0 aromatic rings. The summed E-state index contributed by atoms with van der Waals surface area (Å²) in [5.74, 6) is -0.692. The van der Waals surface area contributed by atoms with Crippen LogP contribution in [0.25, 0.3) is 10.4 Å². The van der Waals surface area contributed by atoms with Crippen LogP contribution in [0.2, 0.25) is 0 Å². The van der Waals surface area contributed by atoms with E-state index in [1.165, 1.54) is 6.08 Å². The zero-order valence-electron chi connectivity index (χ0n) is 13.1. The van der Waals surface area contributed by atoms with Gasteiger partial charge in [-0.1, -0.05) is 5.11 Å². The van der Waals surface area contributed by atoms with Crippen LogP contribution in [-0.4, -0.2) is 75.5 Å². The predicted octanol–water partition coefficient (Wildman–Crippen LogP) is -0.748. The van der Waals surface area contributed by atoms with E-state index < -0.39 is 47.0 Å². The van der Waals surface area contributed by atoms with Crippen LogP contribution in [0, 0.1) is 0 Å². The second kappa shape index (κ2) is 8.97. The number of azide groups is 1. The van der Waals surface area contributed by atoms with E-state index in [4.69, 9.17) is 19.6 Å². The molecule has 24 heavy (non-hydrogen) atoms. The molecule has 0 aromatic heterocycles. The minimum Gasteiger partial charge on any atom is -0.466 e. The predicted molar refractivity (Wildman–Crippen MR) is 80.2 cm³/mol. The average Bonchev–Trinajstić information content (AvgIpc) is 2.52. The van der Waals surface area contributed by atoms with Crippen molar-refractivity contribution in [2.75, 3.05) is 26.6 Å². The first-order valence-electron chi connectivity index (χ1n) is 6.83. The summed E-state index contributed by atoms with van der Waals surface area (Å²) in [5, 5.41) is 21.7. The van der Waals surface area contributed by atoms with Gasteiger partial charge in [-0.15, -0.1) is 0 Å². The maximum atomic E-state index is 11.7. The smallest absolute Gasteiger partial charge is 0.333 e. The maximum absolute atomic E-state index is 11.7. The van der Waals surface area contributed by atoms with Crippen LogP contribution in [0.5, 0.6) is 0 Å². The van der Waals surface area contributed by atoms with Gasteiger partial charge in [0.2, 0.25) is 0 Å². The standard InChI is InChI=1S/C12H19N3O8S/c1-21-12(18)7-3-9(14-15-13)11(23-24(2,19)20)10(4-7)22-6-8(17)5-16/h4,8-11,16-17H,3,5-6H2,1-2H3/t8?,9?,10?,11-/m0/s1. The number of esters is 1. The van der Waals surface area contributed by atoms with Crippen molar-refractivity contribution in [2.45, 2.75) is 30.8 Å². The molecule has 0 aromatic carbocycles. The molecular weight excluding hydrogens is 346 g/mol. The van der Waals surface area contributed by atoms with Gasteiger partial charge in [-0.05, 0) is 18.0 Å². The fourth-order valence-electron chi connectivity index (χ4n) is 2.12. The third kappa shape index (κ3) is 6.07. The van der Waals surface area contributed by atoms with E-state index in [0.29, 0.717) is 0 Å². The number of rotatable bonds is 8. The van der Waals surface area contributed by atoms with Crippen LogP contribution >= 0.6 is 0 Å². The molecule has 1 aliphatic rings. The summed E-state index contributed by atoms with van der Waals surface area (Å²) in [6.45, 7) is -0.920. The third-order valence-electron chi connectivity index (χ3n) is 3.12. The van der Waals surface area contributed by atoms with Crippen LogP contribution in [0.15, 0.2) is 16.8 Å². The van der Waals surface area contributed by atoms with Crippen LogP contribution in [0.3, 0.4) is 0 Å². The second-order valence-electron chi connectivity index (χ2n) is 5.06. The Balaban J connectivity index is 3.16. The van der Waals surface area contributed by atoms with Crippen LogP contribution in [0.1, 0.15) is 6.42 Å². The van der Waals surface area contributed by atoms with Gasteiger partial charge in [0.1, 0.15) is 18.3 Å². The molecule has 0 fully saturated rings. The molecule has 0 spiro atoms. The topological polar surface area (TPSA) is 168 Å². The second-order valence-corrected chi connectivity index (χ2v) is 6.66. The van der Waals surface area contributed by atoms with Gasteiger partial charge in [0.25, 0.3) is 10.1 Å². The Morgan fingerprint density at radius 3 is 2.75 bits per heavy atom. The molecular formula is C12H19N3O8S. The Bertz CT molecular complexity index is 628. The molecule has 1 aliphatic carbocycles. The van der Waals surface area contributed by atoms with Gasteiger partial charge in [0.15, 0.2) is 0 Å². The summed E-state index contributed by atoms with van der Waals surface area (Å²) in [6.07, 6.45) is -1.54. The van der Waals surface area contributed by atoms with Gasteiger partial charge in [-0.3, -0.25) is 4.18 Å². The van der Waals surface area contributed by atoms with Crippen LogP contribution in [0.4, 0.5) is 0 Å². The summed E-state index contributed by atoms with van der Waals surface area (Å²) >= 11 is 0. The highest BCUT2D eigenvalue weighted by atomic mass is 32.2. The molecule has 0 heterocycles. The van der Waals surface area contributed by atoms with Crippen molar-refractivity contribution in [3.63, 3.8) is 0 Å². The molecule has 136 valence electrons. The normalized spacial score (nSPS) is 25.3. The molecule has 0 saturated heterocycles. The lowest BCUT2D eigenvalue weighted by atomic mass is 9.90. The summed E-state index contributed by atoms with van der Waals surface area (Å²) in [5.41, 5.74) is 8.78. The number of ether oxygens (including phenoxy) is 2. The van der Waals surface area contributed by atoms with Gasteiger partial charge in [-0.25, -0.2) is 4.79 Å². The van der Waals surface area contributed by atoms with E-state index in [2.05, 4.69) is 14.8 Å². The lowest BCUT2D eigenvalue weighted by Crippen LogP contribution is -2.45. The quantitative estimate of drug-likeness (QED) is 0.186. The zero-order valence-corrected chi connectivity index (χ0v) is 13.9. The Kier molecular flexibility index (Phi) is 7.60. The van der Waals surface area contributed by atoms with Gasteiger partial charge < -0.3 is 19.7 Å². The molecule has 0 aliphatic heterocycles. The highest BCUT2D eigenvalue weighted by Crippen LogP contribution is 2.28. The zero-order chi connectivity index (χ0) is 18.3. The van der Waals surface area contributed by atoms with Crippen molar-refractivity contribution in [2.24, 2.45) is 5.11 Å². The van der Waals surface area contributed by atoms with Crippen molar-refractivity contribution in [3.8, 4) is 0 Å². The van der Waals surface area contributed by atoms with E-state index in [1.54, 1.807) is 0 Å². The molecule has 1 rings (SSSR count). The van der Waals surface area contributed by atoms with Crippen LogP contribution in [-0.2, 0) is 28.6 Å². The van der Waals surface area contributed by atoms with E-state index in [9.17, 15) is 18.3 Å². The first kappa shape index (κ1) is 20.4. The molecule has 3 unspecified atom stereocenters. The molecule has 0 bridgehead atoms. The summed E-state index contributed by atoms with van der Waals surface area (Å²) in [7, 11) is -2.75. The molecule has 11 nitrogen and oxygen atoms in total. The lowest BCUT2D eigenvalue weighted by molar-refractivity contribution is -0.137. The molecule has 0 saturated carbocycles. The van der Waals surface area contributed by atoms with E-state index in [-0.39, 0.29) is 18.6 Å². The Morgan fingerprint density at radius 2 is 2.25 bits per heavy atom. The first-order chi connectivity index (χ1) is 11.2. The van der Waals surface area contributed by atoms with E-state index in [1.807, 2.05) is 0 Å². The Morgan fingerprint density at radius 1 is 1.58 bits per heavy atom. The van der Waals surface area contributed by atoms with Gasteiger partial charge in [-0.2, -0.15) is 8.42 Å². The summed E-state index contributed by atoms with van der Waals surface area (Å²) in [4.78, 5) is 14.4. The highest BCUT2D eigenvalue weighted by Gasteiger charge is 2.39. The van der Waals surface area contributed by atoms with Crippen LogP contribution < -0.4 is 0 Å². The van der Waals surface area contributed by atoms with Crippen molar-refractivity contribution >= 4 is 16.1 Å². The van der Waals surface area contributed by atoms with E-state index >= 15 is 0 Å². The van der Waals surface area contributed by atoms with Crippen molar-refractivity contribution in [1.82, 2.24) is 0 Å². The fourth-order valence-corrected chi connectivity index (χ4v) is 2.76. The minimum absolute atomic E-state index is 0.0979. The number of hydrogen-bond donors (Lipinski definition) is 2. The summed E-state index contributed by atoms with van der Waals surface area (Å²) < 4.78 is 37.7. The number of nitrogens with zero attached hydrogens (tertiary/aromatic N) is 3. The number of carbonyl (C=O) groups is 1. The highest BCUT2D eigenvalue weighted by molar-refractivity contribution is 7.86. The largest absolute Gasteiger partial charge is 0.466 e. The number of methoxy groups -OCH3 is 1. The van der Waals surface area contributed by atoms with Crippen molar-refractivity contribution in [1.29, 1.82) is 0 Å². The van der Waals surface area contributed by atoms with Gasteiger partial charge in [0, 0.05) is 10.5 Å². The molecule has 12 heteroatoms. The third-order valence-corrected chi connectivity index (χ3v) is 3.69. The number of carbonyl (C=O) groups excluding carboxylic acids is 1. The SMILES string of the molecule is COC(=O)C1=CC(OCC(O)CO)[C@@H](OS(C)(=O)=O)C(N=[N+]=[N-])C1. The molecule has 4 atom stereocenters. The minimum atomic E-state index is -3.92. The Labute approximate surface area is 138 Å².